The number of amides is 1. The molecule has 2 unspecified atom stereocenters. The summed E-state index contributed by atoms with van der Waals surface area (Å²) in [5.41, 5.74) is 5.28. The fourth-order valence-electron chi connectivity index (χ4n) is 4.62. The molecule has 2 atom stereocenters. The largest absolute Gasteiger partial charge is 0.349 e. The molecule has 0 saturated carbocycles. The van der Waals surface area contributed by atoms with Crippen molar-refractivity contribution >= 4 is 18.3 Å². The Bertz CT molecular complexity index is 802. The molecule has 4 nitrogen and oxygen atoms in total. The van der Waals surface area contributed by atoms with Crippen LogP contribution < -0.4 is 10.6 Å². The Morgan fingerprint density at radius 3 is 2.42 bits per heavy atom. The average Bonchev–Trinajstić information content (AvgIpc) is 3.07. The maximum Gasteiger partial charge on any atom is 0.253 e. The summed E-state index contributed by atoms with van der Waals surface area (Å²) in [5, 5.41) is 6.92. The van der Waals surface area contributed by atoms with E-state index in [1.807, 2.05) is 25.1 Å². The molecule has 3 heterocycles. The minimum Gasteiger partial charge on any atom is -0.349 e. The number of aromatic nitrogens is 1. The van der Waals surface area contributed by atoms with E-state index in [1.165, 1.54) is 18.4 Å². The molecule has 2 fully saturated rings. The Morgan fingerprint density at radius 2 is 1.77 bits per heavy atom. The minimum atomic E-state index is 0. The van der Waals surface area contributed by atoms with Crippen molar-refractivity contribution in [3.8, 4) is 5.69 Å². The summed E-state index contributed by atoms with van der Waals surface area (Å²) < 4.78 is 2.19. The fraction of sp³-hybridized carbons (Fsp3) is 0.476. The van der Waals surface area contributed by atoms with E-state index in [0.29, 0.717) is 18.1 Å². The standard InChI is InChI=1S/C21H27N3O.ClH/c1-13-6-4-5-7-20(13)24-14(2)10-19(15(24)3)21(25)23-18-11-16-8-9-17(12-18)22-16;/h4-7,10,16-18,22H,8-9,11-12H2,1-3H3,(H,23,25);1H. The first kappa shape index (κ1) is 19.0. The fourth-order valence-corrected chi connectivity index (χ4v) is 4.62. The first-order chi connectivity index (χ1) is 12.0. The molecule has 1 aromatic heterocycles. The van der Waals surface area contributed by atoms with Gasteiger partial charge in [-0.25, -0.2) is 0 Å². The number of aryl methyl sites for hydroxylation is 2. The quantitative estimate of drug-likeness (QED) is 0.858. The van der Waals surface area contributed by atoms with Crippen molar-refractivity contribution in [3.63, 3.8) is 0 Å². The highest BCUT2D eigenvalue weighted by atomic mass is 35.5. The normalized spacial score (nSPS) is 24.2. The molecular weight excluding hydrogens is 346 g/mol. The van der Waals surface area contributed by atoms with E-state index >= 15 is 0 Å². The van der Waals surface area contributed by atoms with Crippen LogP contribution in [-0.2, 0) is 0 Å². The topological polar surface area (TPSA) is 46.1 Å². The molecule has 0 aliphatic carbocycles. The zero-order valence-electron chi connectivity index (χ0n) is 15.7. The monoisotopic (exact) mass is 373 g/mol. The second kappa shape index (κ2) is 7.45. The summed E-state index contributed by atoms with van der Waals surface area (Å²) in [4.78, 5) is 12.9. The predicted molar refractivity (Wildman–Crippen MR) is 108 cm³/mol. The molecular formula is C21H28ClN3O. The van der Waals surface area contributed by atoms with Gasteiger partial charge in [-0.3, -0.25) is 4.79 Å². The number of carbonyl (C=O) groups excluding carboxylic acids is 1. The summed E-state index contributed by atoms with van der Waals surface area (Å²) in [7, 11) is 0. The van der Waals surface area contributed by atoms with Crippen molar-refractivity contribution in [3.05, 3.63) is 52.8 Å². The smallest absolute Gasteiger partial charge is 0.253 e. The molecule has 1 aromatic carbocycles. The Balaban J connectivity index is 0.00000196. The number of nitrogens with zero attached hydrogens (tertiary/aromatic N) is 1. The molecule has 0 spiro atoms. The molecule has 4 rings (SSSR count). The van der Waals surface area contributed by atoms with Gasteiger partial charge in [-0.2, -0.15) is 0 Å². The summed E-state index contributed by atoms with van der Waals surface area (Å²) in [5.74, 6) is 0.0687. The zero-order valence-corrected chi connectivity index (χ0v) is 16.5. The Hall–Kier alpha value is -1.78. The molecule has 0 radical (unpaired) electrons. The van der Waals surface area contributed by atoms with Gasteiger partial charge in [-0.15, -0.1) is 12.4 Å². The molecule has 2 bridgehead atoms. The molecule has 2 aliphatic heterocycles. The summed E-state index contributed by atoms with van der Waals surface area (Å²) in [6.07, 6.45) is 4.61. The van der Waals surface area contributed by atoms with Crippen molar-refractivity contribution in [2.45, 2.75) is 64.6 Å². The van der Waals surface area contributed by atoms with Gasteiger partial charge < -0.3 is 15.2 Å². The third kappa shape index (κ3) is 3.40. The van der Waals surface area contributed by atoms with Gasteiger partial charge in [0, 0.05) is 35.2 Å². The lowest BCUT2D eigenvalue weighted by Gasteiger charge is -2.29. The van der Waals surface area contributed by atoms with Crippen LogP contribution in [0, 0.1) is 20.8 Å². The molecule has 140 valence electrons. The van der Waals surface area contributed by atoms with E-state index in [4.69, 9.17) is 0 Å². The molecule has 2 aliphatic rings. The van der Waals surface area contributed by atoms with Gasteiger partial charge in [0.1, 0.15) is 0 Å². The van der Waals surface area contributed by atoms with Crippen LogP contribution in [0.5, 0.6) is 0 Å². The van der Waals surface area contributed by atoms with Crippen LogP contribution in [0.15, 0.2) is 30.3 Å². The number of carbonyl (C=O) groups is 1. The number of benzene rings is 1. The highest BCUT2D eigenvalue weighted by Crippen LogP contribution is 2.28. The van der Waals surface area contributed by atoms with Gasteiger partial charge in [-0.1, -0.05) is 18.2 Å². The lowest BCUT2D eigenvalue weighted by Crippen LogP contribution is -2.48. The molecule has 2 saturated heterocycles. The van der Waals surface area contributed by atoms with E-state index in [-0.39, 0.29) is 18.3 Å². The highest BCUT2D eigenvalue weighted by Gasteiger charge is 2.34. The number of piperidine rings is 1. The molecule has 26 heavy (non-hydrogen) atoms. The maximum atomic E-state index is 12.9. The molecule has 1 amide bonds. The van der Waals surface area contributed by atoms with E-state index in [0.717, 1.165) is 35.5 Å². The predicted octanol–water partition coefficient (Wildman–Crippen LogP) is 3.84. The van der Waals surface area contributed by atoms with Crippen molar-refractivity contribution in [2.24, 2.45) is 0 Å². The summed E-state index contributed by atoms with van der Waals surface area (Å²) in [6.45, 7) is 6.22. The lowest BCUT2D eigenvalue weighted by molar-refractivity contribution is 0.0923. The van der Waals surface area contributed by atoms with Crippen LogP contribution in [0.4, 0.5) is 0 Å². The number of hydrogen-bond donors (Lipinski definition) is 2. The van der Waals surface area contributed by atoms with Crippen molar-refractivity contribution < 1.29 is 4.79 Å². The number of nitrogens with one attached hydrogen (secondary N) is 2. The maximum absolute atomic E-state index is 12.9. The highest BCUT2D eigenvalue weighted by molar-refractivity contribution is 5.96. The van der Waals surface area contributed by atoms with Gasteiger partial charge in [0.2, 0.25) is 0 Å². The Morgan fingerprint density at radius 1 is 1.12 bits per heavy atom. The van der Waals surface area contributed by atoms with Crippen LogP contribution in [0.2, 0.25) is 0 Å². The SMILES string of the molecule is Cc1ccccc1-n1c(C)cc(C(=O)NC2CC3CCC(C2)N3)c1C.Cl. The zero-order chi connectivity index (χ0) is 17.6. The van der Waals surface area contributed by atoms with Crippen LogP contribution in [0.3, 0.4) is 0 Å². The van der Waals surface area contributed by atoms with E-state index < -0.39 is 0 Å². The minimum absolute atomic E-state index is 0. The van der Waals surface area contributed by atoms with E-state index in [1.54, 1.807) is 0 Å². The second-order valence-corrected chi connectivity index (χ2v) is 7.69. The van der Waals surface area contributed by atoms with Crippen LogP contribution in [0.25, 0.3) is 5.69 Å². The second-order valence-electron chi connectivity index (χ2n) is 7.69. The molecule has 2 N–H and O–H groups in total. The number of fused-ring (bicyclic) bond motifs is 2. The first-order valence-corrected chi connectivity index (χ1v) is 9.35. The third-order valence-corrected chi connectivity index (χ3v) is 5.84. The first-order valence-electron chi connectivity index (χ1n) is 9.35. The van der Waals surface area contributed by atoms with Gasteiger partial charge in [-0.05, 0) is 64.2 Å². The number of para-hydroxylation sites is 1. The number of halogens is 1. The summed E-state index contributed by atoms with van der Waals surface area (Å²) >= 11 is 0. The van der Waals surface area contributed by atoms with E-state index in [9.17, 15) is 4.79 Å². The van der Waals surface area contributed by atoms with Crippen molar-refractivity contribution in [1.82, 2.24) is 15.2 Å². The lowest BCUT2D eigenvalue weighted by atomic mass is 9.99. The van der Waals surface area contributed by atoms with E-state index in [2.05, 4.69) is 41.2 Å². The van der Waals surface area contributed by atoms with Crippen molar-refractivity contribution in [1.29, 1.82) is 0 Å². The Kier molecular flexibility index (Phi) is 5.44. The van der Waals surface area contributed by atoms with Gasteiger partial charge in [0.05, 0.1) is 5.56 Å². The molecule has 5 heteroatoms. The van der Waals surface area contributed by atoms with Gasteiger partial charge in [0.25, 0.3) is 5.91 Å². The Labute approximate surface area is 161 Å². The van der Waals surface area contributed by atoms with Crippen LogP contribution >= 0.6 is 12.4 Å². The third-order valence-electron chi connectivity index (χ3n) is 5.84. The number of hydrogen-bond acceptors (Lipinski definition) is 2. The van der Waals surface area contributed by atoms with Crippen LogP contribution in [0.1, 0.15) is 53.0 Å². The van der Waals surface area contributed by atoms with Crippen LogP contribution in [-0.4, -0.2) is 28.6 Å². The van der Waals surface area contributed by atoms with Gasteiger partial charge in [0.15, 0.2) is 0 Å². The molecule has 2 aromatic rings. The summed E-state index contributed by atoms with van der Waals surface area (Å²) in [6, 6.07) is 11.8. The average molecular weight is 374 g/mol. The number of rotatable bonds is 3. The van der Waals surface area contributed by atoms with Gasteiger partial charge >= 0.3 is 0 Å². The van der Waals surface area contributed by atoms with Crippen molar-refractivity contribution in [2.75, 3.05) is 0 Å².